The Bertz CT molecular complexity index is 919. The first kappa shape index (κ1) is 15.6. The Hall–Kier alpha value is -3.33. The van der Waals surface area contributed by atoms with Crippen molar-refractivity contribution in [3.05, 3.63) is 64.3 Å². The zero-order valence-electron chi connectivity index (χ0n) is 12.3. The van der Waals surface area contributed by atoms with E-state index in [-0.39, 0.29) is 5.69 Å². The van der Waals surface area contributed by atoms with Gasteiger partial charge in [0.1, 0.15) is 0 Å². The van der Waals surface area contributed by atoms with Gasteiger partial charge in [0, 0.05) is 23.2 Å². The number of nitro groups is 1. The molecule has 0 aliphatic heterocycles. The maximum absolute atomic E-state index is 10.6. The number of nitrogens with zero attached hydrogens (tertiary/aromatic N) is 3. The van der Waals surface area contributed by atoms with Crippen LogP contribution in [0.4, 0.5) is 11.4 Å². The summed E-state index contributed by atoms with van der Waals surface area (Å²) in [6.45, 7) is 0. The minimum Gasteiger partial charge on any atom is -0.331 e. The molecule has 0 unspecified atom stereocenters. The molecule has 0 atom stereocenters. The fraction of sp³-hybridized carbons (Fsp3) is 0. The molecule has 120 valence electrons. The van der Waals surface area contributed by atoms with Gasteiger partial charge >= 0.3 is 0 Å². The van der Waals surface area contributed by atoms with Crippen LogP contribution in [-0.4, -0.2) is 26.4 Å². The number of hydrogen-bond acceptors (Lipinski definition) is 5. The number of non-ortho nitro benzene ring substituents is 1. The molecule has 0 saturated heterocycles. The average molecular weight is 340 g/mol. The molecule has 24 heavy (non-hydrogen) atoms. The van der Waals surface area contributed by atoms with E-state index < -0.39 is 4.92 Å². The molecule has 3 aromatic rings. The number of fused-ring (bicyclic) bond motifs is 1. The largest absolute Gasteiger partial charge is 0.331 e. The fourth-order valence-electron chi connectivity index (χ4n) is 2.02. The van der Waals surface area contributed by atoms with E-state index in [1.807, 2.05) is 18.2 Å². The first-order chi connectivity index (χ1) is 11.6. The molecule has 0 bridgehead atoms. The summed E-state index contributed by atoms with van der Waals surface area (Å²) < 4.78 is 0. The number of hydrogen-bond donors (Lipinski definition) is 3. The maximum atomic E-state index is 10.6. The van der Waals surface area contributed by atoms with E-state index >= 15 is 0 Å². The normalized spacial score (nSPS) is 10.8. The first-order valence-electron chi connectivity index (χ1n) is 6.89. The number of aromatic amines is 1. The molecule has 3 N–H and O–H groups in total. The van der Waals surface area contributed by atoms with Crippen LogP contribution in [0.5, 0.6) is 0 Å². The topological polar surface area (TPSA) is 108 Å². The highest BCUT2D eigenvalue weighted by molar-refractivity contribution is 7.80. The van der Waals surface area contributed by atoms with Gasteiger partial charge in [-0.1, -0.05) is 0 Å². The lowest BCUT2D eigenvalue weighted by atomic mass is 10.2. The molecule has 0 amide bonds. The minimum absolute atomic E-state index is 0.0338. The van der Waals surface area contributed by atoms with Gasteiger partial charge in [-0.2, -0.15) is 10.2 Å². The van der Waals surface area contributed by atoms with Gasteiger partial charge in [-0.3, -0.25) is 20.6 Å². The molecule has 1 heterocycles. The Balaban J connectivity index is 1.57. The lowest BCUT2D eigenvalue weighted by Crippen LogP contribution is -2.23. The van der Waals surface area contributed by atoms with Crippen LogP contribution in [0.1, 0.15) is 5.56 Å². The van der Waals surface area contributed by atoms with Gasteiger partial charge in [0.15, 0.2) is 5.11 Å². The summed E-state index contributed by atoms with van der Waals surface area (Å²) in [5, 5.41) is 25.8. The summed E-state index contributed by atoms with van der Waals surface area (Å²) in [5.74, 6) is 0. The van der Waals surface area contributed by atoms with E-state index in [0.717, 1.165) is 22.2 Å². The van der Waals surface area contributed by atoms with E-state index in [9.17, 15) is 10.1 Å². The van der Waals surface area contributed by atoms with Gasteiger partial charge in [-0.05, 0) is 48.1 Å². The molecule has 0 saturated carbocycles. The molecule has 1 aromatic heterocycles. The molecule has 0 spiro atoms. The Morgan fingerprint density at radius 1 is 1.29 bits per heavy atom. The number of aromatic nitrogens is 2. The summed E-state index contributed by atoms with van der Waals surface area (Å²) >= 11 is 5.16. The summed E-state index contributed by atoms with van der Waals surface area (Å²) in [5.41, 5.74) is 5.14. The number of rotatable bonds is 4. The summed E-state index contributed by atoms with van der Waals surface area (Å²) in [4.78, 5) is 10.1. The quantitative estimate of drug-likeness (QED) is 0.292. The predicted molar refractivity (Wildman–Crippen MR) is 96.1 cm³/mol. The highest BCUT2D eigenvalue weighted by Gasteiger charge is 2.03. The monoisotopic (exact) mass is 340 g/mol. The number of anilines is 1. The second kappa shape index (κ2) is 6.84. The molecular formula is C15H12N6O2S. The lowest BCUT2D eigenvalue weighted by Gasteiger charge is -2.06. The van der Waals surface area contributed by atoms with Crippen molar-refractivity contribution in [2.45, 2.75) is 0 Å². The molecule has 0 fully saturated rings. The Morgan fingerprint density at radius 3 is 2.83 bits per heavy atom. The number of hydrazone groups is 1. The molecule has 0 aliphatic carbocycles. The number of H-pyrrole nitrogens is 1. The zero-order chi connectivity index (χ0) is 16.9. The highest BCUT2D eigenvalue weighted by Crippen LogP contribution is 2.16. The number of nitro benzene ring substituents is 1. The van der Waals surface area contributed by atoms with Crippen molar-refractivity contribution in [2.24, 2.45) is 5.10 Å². The van der Waals surface area contributed by atoms with Crippen LogP contribution in [0.15, 0.2) is 53.8 Å². The SMILES string of the molecule is O=[N+]([O-])c1ccc(/C=N/NC(=S)Nc2ccc3cn[nH]c3c2)cc1. The Kier molecular flexibility index (Phi) is 4.43. The number of benzene rings is 2. The van der Waals surface area contributed by atoms with E-state index in [1.165, 1.54) is 18.3 Å². The molecule has 9 heteroatoms. The molecular weight excluding hydrogens is 328 g/mol. The molecule has 0 aliphatic rings. The highest BCUT2D eigenvalue weighted by atomic mass is 32.1. The third-order valence-corrected chi connectivity index (χ3v) is 3.38. The lowest BCUT2D eigenvalue weighted by molar-refractivity contribution is -0.384. The standard InChI is InChI=1S/C15H12N6O2S/c22-21(23)13-5-1-10(2-6-13)8-16-20-15(24)18-12-4-3-11-9-17-19-14(11)7-12/h1-9H,(H,17,19)(H2,18,20,24)/b16-8+. The van der Waals surface area contributed by atoms with Crippen LogP contribution >= 0.6 is 12.2 Å². The Morgan fingerprint density at radius 2 is 2.08 bits per heavy atom. The van der Waals surface area contributed by atoms with Crippen molar-refractivity contribution in [2.75, 3.05) is 5.32 Å². The van der Waals surface area contributed by atoms with Crippen LogP contribution in [-0.2, 0) is 0 Å². The Labute approximate surface area is 141 Å². The maximum Gasteiger partial charge on any atom is 0.269 e. The number of thiocarbonyl (C=S) groups is 1. The van der Waals surface area contributed by atoms with Crippen molar-refractivity contribution in [1.82, 2.24) is 15.6 Å². The third kappa shape index (κ3) is 3.70. The average Bonchev–Trinajstić information content (AvgIpc) is 3.03. The van der Waals surface area contributed by atoms with E-state index in [1.54, 1.807) is 18.3 Å². The zero-order valence-corrected chi connectivity index (χ0v) is 13.1. The van der Waals surface area contributed by atoms with Crippen LogP contribution in [0.25, 0.3) is 10.9 Å². The van der Waals surface area contributed by atoms with Crippen molar-refractivity contribution in [3.8, 4) is 0 Å². The number of nitrogens with one attached hydrogen (secondary N) is 3. The van der Waals surface area contributed by atoms with E-state index in [4.69, 9.17) is 12.2 Å². The van der Waals surface area contributed by atoms with Crippen LogP contribution in [0.2, 0.25) is 0 Å². The van der Waals surface area contributed by atoms with E-state index in [0.29, 0.717) is 5.11 Å². The second-order valence-corrected chi connectivity index (χ2v) is 5.25. The van der Waals surface area contributed by atoms with Gasteiger partial charge in [0.25, 0.3) is 5.69 Å². The molecule has 3 rings (SSSR count). The van der Waals surface area contributed by atoms with Gasteiger partial charge in [-0.15, -0.1) is 0 Å². The van der Waals surface area contributed by atoms with Gasteiger partial charge in [0.2, 0.25) is 0 Å². The van der Waals surface area contributed by atoms with Crippen molar-refractivity contribution in [1.29, 1.82) is 0 Å². The molecule has 2 aromatic carbocycles. The van der Waals surface area contributed by atoms with Gasteiger partial charge < -0.3 is 5.32 Å². The van der Waals surface area contributed by atoms with Crippen LogP contribution in [0, 0.1) is 10.1 Å². The predicted octanol–water partition coefficient (Wildman–Crippen LogP) is 2.79. The third-order valence-electron chi connectivity index (χ3n) is 3.18. The second-order valence-electron chi connectivity index (χ2n) is 4.84. The van der Waals surface area contributed by atoms with Gasteiger partial charge in [-0.25, -0.2) is 0 Å². The van der Waals surface area contributed by atoms with Crippen molar-refractivity contribution < 1.29 is 4.92 Å². The molecule has 0 radical (unpaired) electrons. The van der Waals surface area contributed by atoms with Crippen LogP contribution < -0.4 is 10.7 Å². The summed E-state index contributed by atoms with van der Waals surface area (Å²) in [6.07, 6.45) is 3.26. The van der Waals surface area contributed by atoms with E-state index in [2.05, 4.69) is 26.0 Å². The minimum atomic E-state index is -0.450. The smallest absolute Gasteiger partial charge is 0.269 e. The van der Waals surface area contributed by atoms with Crippen LogP contribution in [0.3, 0.4) is 0 Å². The molecule has 8 nitrogen and oxygen atoms in total. The first-order valence-corrected chi connectivity index (χ1v) is 7.30. The van der Waals surface area contributed by atoms with Gasteiger partial charge in [0.05, 0.1) is 22.9 Å². The summed E-state index contributed by atoms with van der Waals surface area (Å²) in [7, 11) is 0. The van der Waals surface area contributed by atoms with Crippen molar-refractivity contribution in [3.63, 3.8) is 0 Å². The summed E-state index contributed by atoms with van der Waals surface area (Å²) in [6, 6.07) is 11.7. The fourth-order valence-corrected chi connectivity index (χ4v) is 2.19. The van der Waals surface area contributed by atoms with Crippen molar-refractivity contribution >= 4 is 45.8 Å².